The van der Waals surface area contributed by atoms with Crippen molar-refractivity contribution in [2.24, 2.45) is 0 Å². The smallest absolute Gasteiger partial charge is 0.225 e. The van der Waals surface area contributed by atoms with Gasteiger partial charge in [0.25, 0.3) is 0 Å². The molecule has 1 aliphatic rings. The SMILES string of the molecule is O=C1CCCn2cncc2N1.[HH]. The fourth-order valence-corrected chi connectivity index (χ4v) is 1.22. The summed E-state index contributed by atoms with van der Waals surface area (Å²) < 4.78 is 1.95. The van der Waals surface area contributed by atoms with Crippen LogP contribution in [0.4, 0.5) is 5.82 Å². The second kappa shape index (κ2) is 2.38. The van der Waals surface area contributed by atoms with Crippen molar-refractivity contribution in [2.75, 3.05) is 5.32 Å². The molecular formula is C7H11N3O. The molecule has 1 aliphatic heterocycles. The second-order valence-electron chi connectivity index (χ2n) is 2.62. The highest BCUT2D eigenvalue weighted by atomic mass is 16.1. The van der Waals surface area contributed by atoms with E-state index in [0.29, 0.717) is 6.42 Å². The van der Waals surface area contributed by atoms with Crippen molar-refractivity contribution in [2.45, 2.75) is 19.4 Å². The van der Waals surface area contributed by atoms with Crippen LogP contribution in [0.1, 0.15) is 14.3 Å². The van der Waals surface area contributed by atoms with Crippen LogP contribution < -0.4 is 5.32 Å². The first kappa shape index (κ1) is 6.39. The Balaban J connectivity index is 0.000000720. The lowest BCUT2D eigenvalue weighted by Crippen LogP contribution is -2.09. The summed E-state index contributed by atoms with van der Waals surface area (Å²) in [5.41, 5.74) is 0. The monoisotopic (exact) mass is 153 g/mol. The van der Waals surface area contributed by atoms with E-state index in [1.165, 1.54) is 0 Å². The molecule has 0 aromatic carbocycles. The van der Waals surface area contributed by atoms with Gasteiger partial charge in [0, 0.05) is 14.4 Å². The molecule has 1 aromatic heterocycles. The van der Waals surface area contributed by atoms with Crippen LogP contribution in [0, 0.1) is 0 Å². The molecule has 4 nitrogen and oxygen atoms in total. The lowest BCUT2D eigenvalue weighted by atomic mass is 10.3. The Morgan fingerprint density at radius 3 is 3.55 bits per heavy atom. The van der Waals surface area contributed by atoms with Crippen LogP contribution in [0.2, 0.25) is 0 Å². The average molecular weight is 153 g/mol. The predicted molar refractivity (Wildman–Crippen MR) is 42.2 cm³/mol. The third-order valence-electron chi connectivity index (χ3n) is 1.78. The number of imidazole rings is 1. The van der Waals surface area contributed by atoms with Crippen molar-refractivity contribution in [3.05, 3.63) is 12.5 Å². The number of anilines is 1. The van der Waals surface area contributed by atoms with E-state index in [0.717, 1.165) is 18.8 Å². The zero-order chi connectivity index (χ0) is 7.68. The summed E-state index contributed by atoms with van der Waals surface area (Å²) in [4.78, 5) is 14.9. The van der Waals surface area contributed by atoms with Crippen LogP contribution in [-0.4, -0.2) is 15.5 Å². The summed E-state index contributed by atoms with van der Waals surface area (Å²) in [6.45, 7) is 0.883. The zero-order valence-electron chi connectivity index (χ0n) is 6.08. The Bertz CT molecular complexity index is 284. The van der Waals surface area contributed by atoms with Gasteiger partial charge in [-0.15, -0.1) is 0 Å². The molecule has 0 spiro atoms. The van der Waals surface area contributed by atoms with Crippen LogP contribution in [-0.2, 0) is 11.3 Å². The number of nitrogens with zero attached hydrogens (tertiary/aromatic N) is 2. The Morgan fingerprint density at radius 2 is 2.64 bits per heavy atom. The molecule has 60 valence electrons. The van der Waals surface area contributed by atoms with Crippen molar-refractivity contribution >= 4 is 11.7 Å². The minimum atomic E-state index is 0. The maximum Gasteiger partial charge on any atom is 0.225 e. The first-order valence-corrected chi connectivity index (χ1v) is 3.66. The summed E-state index contributed by atoms with van der Waals surface area (Å²) >= 11 is 0. The summed E-state index contributed by atoms with van der Waals surface area (Å²) in [7, 11) is 0. The fraction of sp³-hybridized carbons (Fsp3) is 0.429. The zero-order valence-corrected chi connectivity index (χ0v) is 6.08. The van der Waals surface area contributed by atoms with E-state index in [9.17, 15) is 4.79 Å². The average Bonchev–Trinajstić information content (AvgIpc) is 2.31. The molecule has 2 heterocycles. The molecule has 2 rings (SSSR count). The van der Waals surface area contributed by atoms with E-state index in [1.807, 2.05) is 4.57 Å². The van der Waals surface area contributed by atoms with Crippen LogP contribution in [0.5, 0.6) is 0 Å². The molecule has 11 heavy (non-hydrogen) atoms. The van der Waals surface area contributed by atoms with E-state index in [2.05, 4.69) is 10.3 Å². The van der Waals surface area contributed by atoms with Crippen LogP contribution >= 0.6 is 0 Å². The molecule has 1 aromatic rings. The van der Waals surface area contributed by atoms with Gasteiger partial charge in [-0.25, -0.2) is 4.98 Å². The number of aryl methyl sites for hydroxylation is 1. The van der Waals surface area contributed by atoms with Gasteiger partial charge in [0.2, 0.25) is 5.91 Å². The van der Waals surface area contributed by atoms with Crippen molar-refractivity contribution in [1.82, 2.24) is 9.55 Å². The highest BCUT2D eigenvalue weighted by molar-refractivity contribution is 5.90. The number of hydrogen-bond acceptors (Lipinski definition) is 2. The van der Waals surface area contributed by atoms with E-state index in [1.54, 1.807) is 12.5 Å². The molecule has 0 saturated heterocycles. The number of rotatable bonds is 0. The van der Waals surface area contributed by atoms with Crippen LogP contribution in [0.25, 0.3) is 0 Å². The van der Waals surface area contributed by atoms with Gasteiger partial charge < -0.3 is 9.88 Å². The lowest BCUT2D eigenvalue weighted by molar-refractivity contribution is -0.116. The first-order chi connectivity index (χ1) is 5.36. The highest BCUT2D eigenvalue weighted by Gasteiger charge is 2.10. The van der Waals surface area contributed by atoms with E-state index in [-0.39, 0.29) is 7.33 Å². The molecule has 0 radical (unpaired) electrons. The number of amides is 1. The molecule has 1 N–H and O–H groups in total. The third-order valence-corrected chi connectivity index (χ3v) is 1.78. The van der Waals surface area contributed by atoms with Crippen molar-refractivity contribution in [3.63, 3.8) is 0 Å². The van der Waals surface area contributed by atoms with Gasteiger partial charge >= 0.3 is 0 Å². The molecule has 0 atom stereocenters. The van der Waals surface area contributed by atoms with Gasteiger partial charge in [-0.05, 0) is 6.42 Å². The molecule has 0 bridgehead atoms. The van der Waals surface area contributed by atoms with E-state index >= 15 is 0 Å². The Kier molecular flexibility index (Phi) is 1.38. The van der Waals surface area contributed by atoms with Crippen LogP contribution in [0.3, 0.4) is 0 Å². The minimum absolute atomic E-state index is 0. The van der Waals surface area contributed by atoms with Gasteiger partial charge in [0.1, 0.15) is 5.82 Å². The topological polar surface area (TPSA) is 46.9 Å². The first-order valence-electron chi connectivity index (χ1n) is 3.66. The Labute approximate surface area is 65.7 Å². The van der Waals surface area contributed by atoms with E-state index < -0.39 is 0 Å². The molecular weight excluding hydrogens is 142 g/mol. The number of nitrogens with one attached hydrogen (secondary N) is 1. The Morgan fingerprint density at radius 1 is 1.73 bits per heavy atom. The van der Waals surface area contributed by atoms with Crippen molar-refractivity contribution < 1.29 is 6.22 Å². The standard InChI is InChI=1S/C7H9N3O.H2/c11-7-2-1-3-10-5-8-4-6(10)9-7;/h4-5H,1-3H2,(H,9,11);1H. The second-order valence-corrected chi connectivity index (χ2v) is 2.62. The number of carbonyl (C=O) groups excluding carboxylic acids is 1. The maximum atomic E-state index is 11.0. The molecule has 0 unspecified atom stereocenters. The summed E-state index contributed by atoms with van der Waals surface area (Å²) in [5, 5.41) is 2.76. The lowest BCUT2D eigenvalue weighted by Gasteiger charge is -2.00. The Hall–Kier alpha value is -1.32. The third kappa shape index (κ3) is 1.11. The predicted octanol–water partition coefficient (Wildman–Crippen LogP) is 0.861. The number of hydrogen-bond donors (Lipinski definition) is 1. The quantitative estimate of drug-likeness (QED) is 0.601. The number of carbonyl (C=O) groups is 1. The fourth-order valence-electron chi connectivity index (χ4n) is 1.22. The molecule has 0 saturated carbocycles. The van der Waals surface area contributed by atoms with Gasteiger partial charge in [-0.1, -0.05) is 0 Å². The van der Waals surface area contributed by atoms with Gasteiger partial charge in [0.05, 0.1) is 12.5 Å². The summed E-state index contributed by atoms with van der Waals surface area (Å²) in [6.07, 6.45) is 4.92. The summed E-state index contributed by atoms with van der Waals surface area (Å²) in [6, 6.07) is 0. The minimum Gasteiger partial charge on any atom is -0.317 e. The summed E-state index contributed by atoms with van der Waals surface area (Å²) in [5.74, 6) is 0.900. The normalized spacial score (nSPS) is 16.9. The highest BCUT2D eigenvalue weighted by Crippen LogP contribution is 2.12. The van der Waals surface area contributed by atoms with Crippen LogP contribution in [0.15, 0.2) is 12.5 Å². The molecule has 0 fully saturated rings. The number of fused-ring (bicyclic) bond motifs is 1. The van der Waals surface area contributed by atoms with Gasteiger partial charge in [-0.2, -0.15) is 0 Å². The van der Waals surface area contributed by atoms with Crippen molar-refractivity contribution in [1.29, 1.82) is 0 Å². The molecule has 1 amide bonds. The molecule has 4 heteroatoms. The van der Waals surface area contributed by atoms with E-state index in [4.69, 9.17) is 0 Å². The van der Waals surface area contributed by atoms with Crippen molar-refractivity contribution in [3.8, 4) is 0 Å². The largest absolute Gasteiger partial charge is 0.317 e. The maximum absolute atomic E-state index is 11.0. The molecule has 0 aliphatic carbocycles. The number of aromatic nitrogens is 2. The van der Waals surface area contributed by atoms with Gasteiger partial charge in [-0.3, -0.25) is 4.79 Å². The van der Waals surface area contributed by atoms with Gasteiger partial charge in [0.15, 0.2) is 0 Å².